The Balaban J connectivity index is 1.46. The van der Waals surface area contributed by atoms with E-state index in [4.69, 9.17) is 0 Å². The first-order valence-corrected chi connectivity index (χ1v) is 12.7. The minimum Gasteiger partial charge on any atom is -0.295 e. The molecule has 0 radical (unpaired) electrons. The van der Waals surface area contributed by atoms with Crippen LogP contribution in [0.25, 0.3) is 0 Å². The zero-order valence-corrected chi connectivity index (χ0v) is 18.6. The van der Waals surface area contributed by atoms with Gasteiger partial charge in [0.1, 0.15) is 6.04 Å². The second-order valence-electron chi connectivity index (χ2n) is 9.37. The molecule has 33 heavy (non-hydrogen) atoms. The van der Waals surface area contributed by atoms with Crippen molar-refractivity contribution in [1.29, 1.82) is 0 Å². The molecule has 0 bridgehead atoms. The number of hydrogen-bond donors (Lipinski definition) is 2. The molecule has 0 spiro atoms. The highest BCUT2D eigenvalue weighted by Crippen LogP contribution is 2.43. The number of nitrogens with zero attached hydrogens (tertiary/aromatic N) is 1. The maximum absolute atomic E-state index is 13.4. The van der Waals surface area contributed by atoms with Crippen molar-refractivity contribution in [3.8, 4) is 0 Å². The van der Waals surface area contributed by atoms with Gasteiger partial charge in [0.25, 0.3) is 0 Å². The minimum absolute atomic E-state index is 0.00696. The Morgan fingerprint density at radius 1 is 0.909 bits per heavy atom. The number of halogens is 3. The zero-order chi connectivity index (χ0) is 24.1. The molecule has 4 fully saturated rings. The zero-order valence-electron chi connectivity index (χ0n) is 17.8. The SMILES string of the molecule is O=C1CCC(N2C(=O)C3CCC(NS(=O)(=O)C4CCCCC4C(F)(F)F)CC3C2=O)C(=O)N1. The third kappa shape index (κ3) is 4.53. The Morgan fingerprint density at radius 3 is 2.24 bits per heavy atom. The molecule has 2 heterocycles. The van der Waals surface area contributed by atoms with E-state index in [1.54, 1.807) is 0 Å². The molecule has 0 aromatic carbocycles. The van der Waals surface area contributed by atoms with E-state index in [0.717, 1.165) is 4.90 Å². The van der Waals surface area contributed by atoms with Gasteiger partial charge in [-0.05, 0) is 38.5 Å². The fourth-order valence-electron chi connectivity index (χ4n) is 5.71. The summed E-state index contributed by atoms with van der Waals surface area (Å²) in [5.74, 6) is -5.82. The lowest BCUT2D eigenvalue weighted by Crippen LogP contribution is -2.54. The highest BCUT2D eigenvalue weighted by atomic mass is 32.2. The van der Waals surface area contributed by atoms with Crippen LogP contribution in [-0.2, 0) is 29.2 Å². The first-order chi connectivity index (χ1) is 15.4. The molecule has 2 aliphatic carbocycles. The number of sulfonamides is 1. The molecule has 9 nitrogen and oxygen atoms in total. The summed E-state index contributed by atoms with van der Waals surface area (Å²) in [6.45, 7) is 0. The number of nitrogens with one attached hydrogen (secondary N) is 2. The molecular formula is C20H26F3N3O6S. The van der Waals surface area contributed by atoms with Crippen LogP contribution in [0.2, 0.25) is 0 Å². The molecule has 2 saturated carbocycles. The van der Waals surface area contributed by atoms with E-state index in [0.29, 0.717) is 12.8 Å². The van der Waals surface area contributed by atoms with Gasteiger partial charge >= 0.3 is 6.18 Å². The van der Waals surface area contributed by atoms with E-state index in [9.17, 15) is 40.8 Å². The van der Waals surface area contributed by atoms with Crippen LogP contribution in [0.4, 0.5) is 13.2 Å². The summed E-state index contributed by atoms with van der Waals surface area (Å²) in [4.78, 5) is 50.3. The number of alkyl halides is 3. The van der Waals surface area contributed by atoms with Gasteiger partial charge in [0.05, 0.1) is 23.0 Å². The molecule has 6 unspecified atom stereocenters. The van der Waals surface area contributed by atoms with Crippen molar-refractivity contribution < 1.29 is 40.8 Å². The molecule has 4 rings (SSSR count). The Labute approximate surface area is 188 Å². The van der Waals surface area contributed by atoms with Gasteiger partial charge in [-0.3, -0.25) is 29.4 Å². The fraction of sp³-hybridized carbons (Fsp3) is 0.800. The van der Waals surface area contributed by atoms with Crippen LogP contribution in [0.5, 0.6) is 0 Å². The number of piperidine rings is 1. The van der Waals surface area contributed by atoms with Gasteiger partial charge < -0.3 is 0 Å². The summed E-state index contributed by atoms with van der Waals surface area (Å²) in [6.07, 6.45) is -3.86. The Kier molecular flexibility index (Phi) is 6.31. The number of carbonyl (C=O) groups is 4. The number of fused-ring (bicyclic) bond motifs is 1. The predicted octanol–water partition coefficient (Wildman–Crippen LogP) is 0.986. The summed E-state index contributed by atoms with van der Waals surface area (Å²) in [5.41, 5.74) is 0. The van der Waals surface area contributed by atoms with E-state index in [2.05, 4.69) is 10.0 Å². The maximum Gasteiger partial charge on any atom is 0.393 e. The van der Waals surface area contributed by atoms with Gasteiger partial charge in [-0.25, -0.2) is 13.1 Å². The van der Waals surface area contributed by atoms with E-state index in [1.165, 1.54) is 0 Å². The molecule has 4 amide bonds. The summed E-state index contributed by atoms with van der Waals surface area (Å²) in [5, 5.41) is 0.535. The first-order valence-electron chi connectivity index (χ1n) is 11.2. The van der Waals surface area contributed by atoms with Gasteiger partial charge in [-0.1, -0.05) is 12.8 Å². The minimum atomic E-state index is -4.62. The van der Waals surface area contributed by atoms with E-state index < -0.39 is 74.9 Å². The number of amides is 4. The quantitative estimate of drug-likeness (QED) is 0.562. The number of likely N-dealkylation sites (tertiary alicyclic amines) is 1. The normalized spacial score (nSPS) is 36.0. The second kappa shape index (κ2) is 8.64. The topological polar surface area (TPSA) is 130 Å². The molecule has 4 aliphatic rings. The molecular weight excluding hydrogens is 467 g/mol. The third-order valence-electron chi connectivity index (χ3n) is 7.33. The van der Waals surface area contributed by atoms with Crippen LogP contribution in [0.1, 0.15) is 57.8 Å². The summed E-state index contributed by atoms with van der Waals surface area (Å²) in [7, 11) is -4.31. The van der Waals surface area contributed by atoms with Gasteiger partial charge in [-0.2, -0.15) is 13.2 Å². The number of carbonyl (C=O) groups excluding carboxylic acids is 4. The number of imide groups is 2. The Bertz CT molecular complexity index is 969. The van der Waals surface area contributed by atoms with E-state index in [1.807, 2.05) is 0 Å². The maximum atomic E-state index is 13.4. The highest BCUT2D eigenvalue weighted by Gasteiger charge is 2.55. The van der Waals surface area contributed by atoms with Gasteiger partial charge in [0, 0.05) is 12.5 Å². The Hall–Kier alpha value is -2.02. The van der Waals surface area contributed by atoms with Crippen LogP contribution < -0.4 is 10.0 Å². The van der Waals surface area contributed by atoms with Crippen LogP contribution in [0.15, 0.2) is 0 Å². The van der Waals surface area contributed by atoms with Crippen molar-refractivity contribution in [2.75, 3.05) is 0 Å². The average molecular weight is 494 g/mol. The molecule has 184 valence electrons. The molecule has 0 aromatic heterocycles. The monoisotopic (exact) mass is 493 g/mol. The van der Waals surface area contributed by atoms with Crippen LogP contribution in [-0.4, -0.2) is 60.5 Å². The number of hydrogen-bond acceptors (Lipinski definition) is 6. The summed E-state index contributed by atoms with van der Waals surface area (Å²) < 4.78 is 68.4. The van der Waals surface area contributed by atoms with E-state index >= 15 is 0 Å². The van der Waals surface area contributed by atoms with Gasteiger partial charge in [0.2, 0.25) is 33.7 Å². The van der Waals surface area contributed by atoms with Crippen molar-refractivity contribution in [3.05, 3.63) is 0 Å². The lowest BCUT2D eigenvalue weighted by molar-refractivity contribution is -0.180. The van der Waals surface area contributed by atoms with Crippen LogP contribution in [0.3, 0.4) is 0 Å². The van der Waals surface area contributed by atoms with Gasteiger partial charge in [0.15, 0.2) is 0 Å². The summed E-state index contributed by atoms with van der Waals surface area (Å²) in [6, 6.07) is -1.86. The molecule has 13 heteroatoms. The van der Waals surface area contributed by atoms with Crippen molar-refractivity contribution in [3.63, 3.8) is 0 Å². The number of rotatable bonds is 4. The fourth-order valence-corrected chi connectivity index (χ4v) is 7.76. The summed E-state index contributed by atoms with van der Waals surface area (Å²) >= 11 is 0. The molecule has 2 saturated heterocycles. The standard InChI is InChI=1S/C20H26F3N3O6S/c21-20(22,23)13-3-1-2-4-15(13)33(31,32)25-10-5-6-11-12(9-10)19(30)26(18(11)29)14-7-8-16(27)24-17(14)28/h10-15,25H,1-9H2,(H,24,27,28). The van der Waals surface area contributed by atoms with Crippen LogP contribution >= 0.6 is 0 Å². The predicted molar refractivity (Wildman–Crippen MR) is 107 cm³/mol. The molecule has 2 N–H and O–H groups in total. The van der Waals surface area contributed by atoms with Crippen molar-refractivity contribution in [2.45, 2.75) is 81.3 Å². The molecule has 0 aromatic rings. The van der Waals surface area contributed by atoms with Crippen molar-refractivity contribution >= 4 is 33.7 Å². The lowest BCUT2D eigenvalue weighted by atomic mass is 9.79. The van der Waals surface area contributed by atoms with Gasteiger partial charge in [-0.15, -0.1) is 0 Å². The Morgan fingerprint density at radius 2 is 1.58 bits per heavy atom. The smallest absolute Gasteiger partial charge is 0.295 e. The molecule has 6 atom stereocenters. The lowest BCUT2D eigenvalue weighted by Gasteiger charge is -2.35. The molecule has 2 aliphatic heterocycles. The average Bonchev–Trinajstić information content (AvgIpc) is 2.97. The van der Waals surface area contributed by atoms with E-state index in [-0.39, 0.29) is 44.9 Å². The first kappa shape index (κ1) is 24.1. The largest absolute Gasteiger partial charge is 0.393 e. The van der Waals surface area contributed by atoms with Crippen molar-refractivity contribution in [2.24, 2.45) is 17.8 Å². The second-order valence-corrected chi connectivity index (χ2v) is 11.3. The van der Waals surface area contributed by atoms with Crippen LogP contribution in [0, 0.1) is 17.8 Å². The highest BCUT2D eigenvalue weighted by molar-refractivity contribution is 7.90. The third-order valence-corrected chi connectivity index (χ3v) is 9.36. The van der Waals surface area contributed by atoms with Crippen molar-refractivity contribution in [1.82, 2.24) is 14.9 Å².